The van der Waals surface area contributed by atoms with E-state index in [1.807, 2.05) is 32.9 Å². The van der Waals surface area contributed by atoms with Gasteiger partial charge in [-0.15, -0.1) is 0 Å². The van der Waals surface area contributed by atoms with E-state index in [1.165, 1.54) is 11.1 Å². The van der Waals surface area contributed by atoms with Crippen LogP contribution >= 0.6 is 0 Å². The van der Waals surface area contributed by atoms with Crippen molar-refractivity contribution in [3.8, 4) is 0 Å². The van der Waals surface area contributed by atoms with E-state index < -0.39 is 0 Å². The van der Waals surface area contributed by atoms with E-state index in [1.54, 1.807) is 0 Å². The van der Waals surface area contributed by atoms with E-state index >= 15 is 0 Å². The summed E-state index contributed by atoms with van der Waals surface area (Å²) in [5.74, 6) is 0. The van der Waals surface area contributed by atoms with Gasteiger partial charge in [-0.3, -0.25) is 0 Å². The average Bonchev–Trinajstić information content (AvgIpc) is 2.99. The molecule has 0 aromatic rings. The number of allylic oxidation sites excluding steroid dienone is 10. The van der Waals surface area contributed by atoms with Crippen molar-refractivity contribution in [3.05, 3.63) is 71.9 Å². The maximum absolute atomic E-state index is 4.86. The third kappa shape index (κ3) is 5.63. The van der Waals surface area contributed by atoms with Crippen LogP contribution in [0.15, 0.2) is 77.0 Å². The molecule has 1 aliphatic rings. The van der Waals surface area contributed by atoms with Crippen molar-refractivity contribution in [3.63, 3.8) is 0 Å². The van der Waals surface area contributed by atoms with Crippen LogP contribution in [-0.2, 0) is 0 Å². The summed E-state index contributed by atoms with van der Waals surface area (Å²) in [5, 5.41) is 4.86. The Kier molecular flexibility index (Phi) is 8.89. The van der Waals surface area contributed by atoms with E-state index in [0.717, 1.165) is 19.4 Å². The zero-order valence-corrected chi connectivity index (χ0v) is 15.2. The molecule has 0 amide bonds. The van der Waals surface area contributed by atoms with E-state index in [0.29, 0.717) is 6.04 Å². The molecule has 4 heteroatoms. The lowest BCUT2D eigenvalue weighted by atomic mass is 9.65. The summed E-state index contributed by atoms with van der Waals surface area (Å²) in [5.41, 5.74) is 3.67. The molecule has 1 heterocycles. The summed E-state index contributed by atoms with van der Waals surface area (Å²) in [4.78, 5) is 2.19. The fourth-order valence-corrected chi connectivity index (χ4v) is 2.62. The first-order valence-corrected chi connectivity index (χ1v) is 8.47. The predicted molar refractivity (Wildman–Crippen MR) is 109 cm³/mol. The standard InChI is InChI=1S/C19H28B2N2/c1-5-9-11-14-16(8-4)19-15-18(22-23(19)21-20)17(12-7-3)13-10-6-2/h5-14,19,21H,15,20H2,1-4H3/b9-5-,10-6-,12-7-,14-11-,16-8+,17-13+. The van der Waals surface area contributed by atoms with Crippen LogP contribution in [0.4, 0.5) is 0 Å². The van der Waals surface area contributed by atoms with Gasteiger partial charge in [0.25, 0.3) is 0 Å². The van der Waals surface area contributed by atoms with Crippen LogP contribution in [0, 0.1) is 0 Å². The molecule has 0 N–H and O–H groups in total. The first-order valence-electron chi connectivity index (χ1n) is 8.47. The van der Waals surface area contributed by atoms with Gasteiger partial charge >= 0.3 is 0 Å². The minimum absolute atomic E-state index is 0.320. The van der Waals surface area contributed by atoms with Gasteiger partial charge in [0.05, 0.1) is 19.5 Å². The molecule has 0 aromatic heterocycles. The summed E-state index contributed by atoms with van der Waals surface area (Å²) in [6.07, 6.45) is 22.0. The maximum atomic E-state index is 4.86. The van der Waals surface area contributed by atoms with Gasteiger partial charge in [-0.05, 0) is 38.8 Å². The second-order valence-electron chi connectivity index (χ2n) is 5.34. The number of hydrogen-bond donors (Lipinski definition) is 0. The molecule has 0 saturated heterocycles. The fourth-order valence-electron chi connectivity index (χ4n) is 2.62. The van der Waals surface area contributed by atoms with Gasteiger partial charge in [-0.2, -0.15) is 5.10 Å². The Morgan fingerprint density at radius 3 is 2.39 bits per heavy atom. The first-order chi connectivity index (χ1) is 11.2. The topological polar surface area (TPSA) is 15.6 Å². The van der Waals surface area contributed by atoms with Gasteiger partial charge in [0.2, 0.25) is 7.31 Å². The maximum Gasteiger partial charge on any atom is 0.217 e. The Balaban J connectivity index is 3.05. The van der Waals surface area contributed by atoms with Gasteiger partial charge in [0.1, 0.15) is 0 Å². The molecule has 120 valence electrons. The Bertz CT molecular complexity index is 578. The van der Waals surface area contributed by atoms with Crippen molar-refractivity contribution in [1.29, 1.82) is 0 Å². The fraction of sp³-hybridized carbons (Fsp3) is 0.316. The summed E-state index contributed by atoms with van der Waals surface area (Å²) >= 11 is 0. The molecule has 0 radical (unpaired) electrons. The lowest BCUT2D eigenvalue weighted by Crippen LogP contribution is -2.31. The lowest BCUT2D eigenvalue weighted by Gasteiger charge is -2.23. The molecule has 0 saturated carbocycles. The third-order valence-corrected chi connectivity index (χ3v) is 3.78. The predicted octanol–water partition coefficient (Wildman–Crippen LogP) is 3.47. The average molecular weight is 306 g/mol. The molecule has 1 rings (SSSR count). The normalized spacial score (nSPS) is 20.6. The number of nitrogens with zero attached hydrogens (tertiary/aromatic N) is 2. The summed E-state index contributed by atoms with van der Waals surface area (Å²) < 4.78 is 0. The molecule has 1 atom stereocenters. The van der Waals surface area contributed by atoms with Crippen LogP contribution in [-0.4, -0.2) is 31.7 Å². The monoisotopic (exact) mass is 306 g/mol. The SMILES string of the molecule is BBN1N=C(C(/C=C\C)=C/C=C\C)CC1C(/C=C\C=C/C)=C/C. The molecule has 1 unspecified atom stereocenters. The van der Waals surface area contributed by atoms with E-state index in [9.17, 15) is 0 Å². The van der Waals surface area contributed by atoms with Gasteiger partial charge < -0.3 is 4.92 Å². The van der Waals surface area contributed by atoms with Crippen molar-refractivity contribution < 1.29 is 0 Å². The van der Waals surface area contributed by atoms with Gasteiger partial charge in [0, 0.05) is 6.42 Å². The second kappa shape index (κ2) is 10.7. The highest BCUT2D eigenvalue weighted by Gasteiger charge is 2.27. The van der Waals surface area contributed by atoms with Gasteiger partial charge in [-0.25, -0.2) is 0 Å². The van der Waals surface area contributed by atoms with Crippen molar-refractivity contribution in [2.24, 2.45) is 5.10 Å². The molecule has 2 nitrogen and oxygen atoms in total. The van der Waals surface area contributed by atoms with Crippen LogP contribution in [0.1, 0.15) is 34.1 Å². The van der Waals surface area contributed by atoms with Crippen molar-refractivity contribution in [2.75, 3.05) is 0 Å². The Morgan fingerprint density at radius 1 is 1.09 bits per heavy atom. The number of hydrogen-bond acceptors (Lipinski definition) is 2. The van der Waals surface area contributed by atoms with E-state index in [4.69, 9.17) is 5.10 Å². The van der Waals surface area contributed by atoms with Crippen molar-refractivity contribution in [2.45, 2.75) is 40.2 Å². The molecule has 0 aromatic carbocycles. The number of hydrazone groups is 1. The molecule has 1 aliphatic heterocycles. The summed E-state index contributed by atoms with van der Waals surface area (Å²) in [7, 11) is 3.07. The molecule has 0 spiro atoms. The Labute approximate surface area is 143 Å². The van der Waals surface area contributed by atoms with E-state index in [-0.39, 0.29) is 0 Å². The van der Waals surface area contributed by atoms with Crippen molar-refractivity contribution >= 4 is 20.8 Å². The van der Waals surface area contributed by atoms with Gasteiger partial charge in [0.15, 0.2) is 0 Å². The zero-order valence-electron chi connectivity index (χ0n) is 15.2. The van der Waals surface area contributed by atoms with Crippen LogP contribution in [0.3, 0.4) is 0 Å². The molecular weight excluding hydrogens is 278 g/mol. The van der Waals surface area contributed by atoms with Gasteiger partial charge in [-0.1, -0.05) is 60.8 Å². The molecule has 0 fully saturated rings. The summed E-state index contributed by atoms with van der Waals surface area (Å²) in [6, 6.07) is 0.320. The zero-order chi connectivity index (χ0) is 17.1. The molecule has 0 bridgehead atoms. The second-order valence-corrected chi connectivity index (χ2v) is 5.34. The Hall–Kier alpha value is -1.96. The van der Waals surface area contributed by atoms with Crippen LogP contribution in [0.5, 0.6) is 0 Å². The lowest BCUT2D eigenvalue weighted by molar-refractivity contribution is 0.437. The minimum atomic E-state index is 0.320. The molecule has 23 heavy (non-hydrogen) atoms. The van der Waals surface area contributed by atoms with Crippen molar-refractivity contribution in [1.82, 2.24) is 4.92 Å². The van der Waals surface area contributed by atoms with Crippen LogP contribution < -0.4 is 0 Å². The molecular formula is C19H28B2N2. The van der Waals surface area contributed by atoms with E-state index in [2.05, 4.69) is 68.2 Å². The first kappa shape index (κ1) is 19.1. The quantitative estimate of drug-likeness (QED) is 0.519. The number of rotatable bonds is 7. The minimum Gasteiger partial charge on any atom is -0.346 e. The highest BCUT2D eigenvalue weighted by atomic mass is 15.4. The smallest absolute Gasteiger partial charge is 0.217 e. The third-order valence-electron chi connectivity index (χ3n) is 3.78. The molecule has 0 aliphatic carbocycles. The van der Waals surface area contributed by atoms with Crippen LogP contribution in [0.2, 0.25) is 0 Å². The highest BCUT2D eigenvalue weighted by Crippen LogP contribution is 2.25. The largest absolute Gasteiger partial charge is 0.346 e. The van der Waals surface area contributed by atoms with Crippen LogP contribution in [0.25, 0.3) is 0 Å². The Morgan fingerprint density at radius 2 is 1.83 bits per heavy atom. The highest BCUT2D eigenvalue weighted by molar-refractivity contribution is 6.87. The summed E-state index contributed by atoms with van der Waals surface area (Å²) in [6.45, 7) is 8.21.